The lowest BCUT2D eigenvalue weighted by Crippen LogP contribution is -2.43. The molecule has 0 spiro atoms. The highest BCUT2D eigenvalue weighted by Crippen LogP contribution is 2.28. The van der Waals surface area contributed by atoms with E-state index in [-0.39, 0.29) is 19.8 Å². The van der Waals surface area contributed by atoms with Crippen molar-refractivity contribution in [3.8, 4) is 0 Å². The van der Waals surface area contributed by atoms with Gasteiger partial charge in [0, 0.05) is 0 Å². The molecular formula is C15H21NO6S. The van der Waals surface area contributed by atoms with Crippen LogP contribution in [-0.2, 0) is 30.4 Å². The number of hydrogen-bond acceptors (Lipinski definition) is 6. The van der Waals surface area contributed by atoms with Gasteiger partial charge in [0.15, 0.2) is 0 Å². The van der Waals surface area contributed by atoms with Gasteiger partial charge in [0.1, 0.15) is 18.4 Å². The summed E-state index contributed by atoms with van der Waals surface area (Å²) in [4.78, 5) is 13.7. The summed E-state index contributed by atoms with van der Waals surface area (Å²) in [5.74, 6) is 0. The van der Waals surface area contributed by atoms with Crippen molar-refractivity contribution in [3.05, 3.63) is 35.9 Å². The van der Waals surface area contributed by atoms with Crippen LogP contribution in [0.3, 0.4) is 0 Å². The Bertz CT molecular complexity index is 643. The van der Waals surface area contributed by atoms with Gasteiger partial charge in [0.05, 0.1) is 19.4 Å². The van der Waals surface area contributed by atoms with Crippen molar-refractivity contribution >= 4 is 16.2 Å². The molecule has 0 radical (unpaired) electrons. The third-order valence-electron chi connectivity index (χ3n) is 3.38. The SMILES string of the molecule is CC1(C)OC(COS(C)(=O)=O)CN1C(=O)OCc1ccccc1. The summed E-state index contributed by atoms with van der Waals surface area (Å²) in [5, 5.41) is 0. The standard InChI is InChI=1S/C15H21NO6S/c1-15(2)16(9-13(22-15)11-21-23(3,18)19)14(17)20-10-12-7-5-4-6-8-12/h4-8,13H,9-11H2,1-3H3. The van der Waals surface area contributed by atoms with E-state index in [0.29, 0.717) is 0 Å². The van der Waals surface area contributed by atoms with Crippen LogP contribution in [0, 0.1) is 0 Å². The molecule has 0 aliphatic carbocycles. The molecule has 23 heavy (non-hydrogen) atoms. The van der Waals surface area contributed by atoms with Crippen LogP contribution in [0.15, 0.2) is 30.3 Å². The van der Waals surface area contributed by atoms with Crippen LogP contribution in [-0.4, -0.2) is 50.6 Å². The summed E-state index contributed by atoms with van der Waals surface area (Å²) in [6.45, 7) is 3.67. The molecule has 0 N–H and O–H groups in total. The lowest BCUT2D eigenvalue weighted by Gasteiger charge is -2.28. The Morgan fingerprint density at radius 3 is 2.61 bits per heavy atom. The largest absolute Gasteiger partial charge is 0.444 e. The zero-order valence-electron chi connectivity index (χ0n) is 13.4. The summed E-state index contributed by atoms with van der Waals surface area (Å²) in [5.41, 5.74) is -0.00465. The number of carbonyl (C=O) groups is 1. The summed E-state index contributed by atoms with van der Waals surface area (Å²) in [6.07, 6.45) is -0.0661. The average Bonchev–Trinajstić information content (AvgIpc) is 2.78. The van der Waals surface area contributed by atoms with Crippen molar-refractivity contribution in [1.29, 1.82) is 0 Å². The quantitative estimate of drug-likeness (QED) is 0.758. The highest BCUT2D eigenvalue weighted by Gasteiger charge is 2.43. The molecule has 7 nitrogen and oxygen atoms in total. The minimum absolute atomic E-state index is 0.134. The first kappa shape index (κ1) is 17.7. The zero-order chi connectivity index (χ0) is 17.1. The third kappa shape index (κ3) is 5.19. The molecule has 128 valence electrons. The molecule has 1 saturated heterocycles. The van der Waals surface area contributed by atoms with Crippen LogP contribution in [0.25, 0.3) is 0 Å². The number of benzene rings is 1. The molecule has 8 heteroatoms. The van der Waals surface area contributed by atoms with Gasteiger partial charge in [0.2, 0.25) is 0 Å². The van der Waals surface area contributed by atoms with Crippen molar-refractivity contribution in [2.75, 3.05) is 19.4 Å². The molecule has 1 atom stereocenters. The zero-order valence-corrected chi connectivity index (χ0v) is 14.2. The predicted octanol–water partition coefficient (Wildman–Crippen LogP) is 1.74. The minimum Gasteiger partial charge on any atom is -0.444 e. The van der Waals surface area contributed by atoms with E-state index in [4.69, 9.17) is 13.7 Å². The van der Waals surface area contributed by atoms with Crippen molar-refractivity contribution in [2.24, 2.45) is 0 Å². The topological polar surface area (TPSA) is 82.1 Å². The molecule has 0 saturated carbocycles. The highest BCUT2D eigenvalue weighted by atomic mass is 32.2. The van der Waals surface area contributed by atoms with Crippen molar-refractivity contribution < 1.29 is 26.9 Å². The second-order valence-corrected chi connectivity index (χ2v) is 7.47. The fraction of sp³-hybridized carbons (Fsp3) is 0.533. The van der Waals surface area contributed by atoms with E-state index >= 15 is 0 Å². The minimum atomic E-state index is -3.55. The maximum atomic E-state index is 12.2. The second-order valence-electron chi connectivity index (χ2n) is 5.83. The highest BCUT2D eigenvalue weighted by molar-refractivity contribution is 7.85. The Hall–Kier alpha value is -1.64. The van der Waals surface area contributed by atoms with Gasteiger partial charge in [-0.15, -0.1) is 0 Å². The van der Waals surface area contributed by atoms with E-state index in [2.05, 4.69) is 0 Å². The molecule has 1 aliphatic heterocycles. The third-order valence-corrected chi connectivity index (χ3v) is 3.95. The van der Waals surface area contributed by atoms with Crippen LogP contribution in [0.4, 0.5) is 4.79 Å². The molecule has 1 aromatic rings. The van der Waals surface area contributed by atoms with Crippen LogP contribution in [0.5, 0.6) is 0 Å². The van der Waals surface area contributed by atoms with Gasteiger partial charge < -0.3 is 9.47 Å². The van der Waals surface area contributed by atoms with Crippen LogP contribution < -0.4 is 0 Å². The molecule has 0 aromatic heterocycles. The maximum Gasteiger partial charge on any atom is 0.412 e. The molecular weight excluding hydrogens is 322 g/mol. The fourth-order valence-corrected chi connectivity index (χ4v) is 2.71. The van der Waals surface area contributed by atoms with Crippen LogP contribution in [0.1, 0.15) is 19.4 Å². The van der Waals surface area contributed by atoms with Gasteiger partial charge in [-0.3, -0.25) is 9.08 Å². The van der Waals surface area contributed by atoms with Crippen molar-refractivity contribution in [2.45, 2.75) is 32.3 Å². The van der Waals surface area contributed by atoms with Gasteiger partial charge in [-0.05, 0) is 19.4 Å². The van der Waals surface area contributed by atoms with Gasteiger partial charge >= 0.3 is 6.09 Å². The van der Waals surface area contributed by atoms with E-state index in [1.54, 1.807) is 13.8 Å². The Morgan fingerprint density at radius 1 is 1.35 bits per heavy atom. The van der Waals surface area contributed by atoms with Crippen LogP contribution in [0.2, 0.25) is 0 Å². The van der Waals surface area contributed by atoms with E-state index in [0.717, 1.165) is 11.8 Å². The first-order chi connectivity index (χ1) is 10.7. The molecule has 1 aromatic carbocycles. The van der Waals surface area contributed by atoms with Gasteiger partial charge in [0.25, 0.3) is 10.1 Å². The van der Waals surface area contributed by atoms with E-state index in [1.165, 1.54) is 4.90 Å². The molecule has 1 amide bonds. The maximum absolute atomic E-state index is 12.2. The van der Waals surface area contributed by atoms with Crippen LogP contribution >= 0.6 is 0 Å². The molecule has 1 fully saturated rings. The normalized spacial score (nSPS) is 20.5. The first-order valence-electron chi connectivity index (χ1n) is 7.18. The van der Waals surface area contributed by atoms with Gasteiger partial charge in [-0.25, -0.2) is 4.79 Å². The van der Waals surface area contributed by atoms with E-state index < -0.39 is 28.0 Å². The van der Waals surface area contributed by atoms with Gasteiger partial charge in [-0.1, -0.05) is 30.3 Å². The van der Waals surface area contributed by atoms with E-state index in [9.17, 15) is 13.2 Å². The lowest BCUT2D eigenvalue weighted by molar-refractivity contribution is -0.0778. The summed E-state index contributed by atoms with van der Waals surface area (Å²) in [6, 6.07) is 9.34. The number of carbonyl (C=O) groups excluding carboxylic acids is 1. The second kappa shape index (κ2) is 6.86. The summed E-state index contributed by atoms with van der Waals surface area (Å²) >= 11 is 0. The smallest absolute Gasteiger partial charge is 0.412 e. The molecule has 1 aliphatic rings. The number of ether oxygens (including phenoxy) is 2. The van der Waals surface area contributed by atoms with Crippen molar-refractivity contribution in [3.63, 3.8) is 0 Å². The number of rotatable bonds is 5. The fourth-order valence-electron chi connectivity index (χ4n) is 2.31. The molecule has 0 bridgehead atoms. The predicted molar refractivity (Wildman–Crippen MR) is 83.1 cm³/mol. The number of hydrogen-bond donors (Lipinski definition) is 0. The Kier molecular flexibility index (Phi) is 5.28. The summed E-state index contributed by atoms with van der Waals surface area (Å²) in [7, 11) is -3.55. The number of amides is 1. The van der Waals surface area contributed by atoms with E-state index in [1.807, 2.05) is 30.3 Å². The monoisotopic (exact) mass is 343 g/mol. The lowest BCUT2D eigenvalue weighted by atomic mass is 10.2. The molecule has 1 unspecified atom stereocenters. The van der Waals surface area contributed by atoms with Gasteiger partial charge in [-0.2, -0.15) is 8.42 Å². The number of nitrogens with zero attached hydrogens (tertiary/aromatic N) is 1. The molecule has 1 heterocycles. The van der Waals surface area contributed by atoms with Crippen molar-refractivity contribution in [1.82, 2.24) is 4.90 Å². The molecule has 2 rings (SSSR count). The Morgan fingerprint density at radius 2 is 2.00 bits per heavy atom. The Balaban J connectivity index is 1.91. The Labute approximate surface area is 136 Å². The summed E-state index contributed by atoms with van der Waals surface area (Å²) < 4.78 is 37.8. The first-order valence-corrected chi connectivity index (χ1v) is 8.99. The average molecular weight is 343 g/mol.